The molecule has 3 atom stereocenters. The van der Waals surface area contributed by atoms with E-state index in [0.29, 0.717) is 25.8 Å². The van der Waals surface area contributed by atoms with E-state index in [1.165, 1.54) is 0 Å². The lowest BCUT2D eigenvalue weighted by Crippen LogP contribution is -2.28. The zero-order valence-electron chi connectivity index (χ0n) is 16.6. The minimum atomic E-state index is -0.781. The van der Waals surface area contributed by atoms with Crippen LogP contribution in [0, 0.1) is 11.8 Å². The van der Waals surface area contributed by atoms with Crippen molar-refractivity contribution in [1.29, 1.82) is 0 Å². The fourth-order valence-corrected chi connectivity index (χ4v) is 2.92. The van der Waals surface area contributed by atoms with Gasteiger partial charge in [-0.3, -0.25) is 9.59 Å². The second-order valence-corrected chi connectivity index (χ2v) is 6.88. The van der Waals surface area contributed by atoms with Crippen LogP contribution < -0.4 is 5.32 Å². The number of ketones is 1. The number of carbonyl (C=O) groups excluding carboxylic acids is 1. The zero-order chi connectivity index (χ0) is 19.8. The van der Waals surface area contributed by atoms with Crippen LogP contribution in [0.4, 0.5) is 0 Å². The normalized spacial score (nSPS) is 15.4. The van der Waals surface area contributed by atoms with E-state index < -0.39 is 12.1 Å². The molecule has 3 N–H and O–H groups in total. The molecule has 0 amide bonds. The van der Waals surface area contributed by atoms with E-state index in [2.05, 4.69) is 12.2 Å². The Hall–Kier alpha value is -1.46. The van der Waals surface area contributed by atoms with E-state index in [-0.39, 0.29) is 24.0 Å². The predicted molar refractivity (Wildman–Crippen MR) is 106 cm³/mol. The lowest BCUT2D eigenvalue weighted by molar-refractivity contribution is -0.137. The molecular formula is C21H37NO4. The summed E-state index contributed by atoms with van der Waals surface area (Å²) in [6.45, 7) is 4.42. The molecule has 0 aliphatic carbocycles. The number of rotatable bonds is 16. The van der Waals surface area contributed by atoms with Crippen LogP contribution in [0.3, 0.4) is 0 Å². The molecule has 0 saturated carbocycles. The lowest BCUT2D eigenvalue weighted by Gasteiger charge is -2.21. The van der Waals surface area contributed by atoms with Gasteiger partial charge in [-0.25, -0.2) is 0 Å². The standard InChI is InChI=1S/C21H37NO4/c1-4-5-8-11-19(24)15-14-18(16-22-3)20(17(2)23)12-9-6-7-10-13-21(25)26/h6,9,14-15,18-20,22,24H,4-5,7-8,10-13,16H2,1-3H3,(H,25,26)/b9-6-,15-14+. The summed E-state index contributed by atoms with van der Waals surface area (Å²) in [6.07, 6.45) is 13.4. The average molecular weight is 368 g/mol. The second kappa shape index (κ2) is 15.8. The van der Waals surface area contributed by atoms with Crippen LogP contribution in [-0.4, -0.2) is 41.7 Å². The van der Waals surface area contributed by atoms with Gasteiger partial charge in [0.05, 0.1) is 6.10 Å². The Bertz CT molecular complexity index is 445. The molecule has 0 saturated heterocycles. The Balaban J connectivity index is 4.65. The van der Waals surface area contributed by atoms with Crippen LogP contribution in [0.5, 0.6) is 0 Å². The van der Waals surface area contributed by atoms with Gasteiger partial charge in [0.15, 0.2) is 0 Å². The van der Waals surface area contributed by atoms with Crippen molar-refractivity contribution in [2.45, 2.75) is 71.3 Å². The molecule has 5 heteroatoms. The highest BCUT2D eigenvalue weighted by Gasteiger charge is 2.22. The molecule has 5 nitrogen and oxygen atoms in total. The van der Waals surface area contributed by atoms with Gasteiger partial charge in [-0.05, 0) is 45.6 Å². The number of hydrogen-bond acceptors (Lipinski definition) is 4. The van der Waals surface area contributed by atoms with Gasteiger partial charge in [0.1, 0.15) is 5.78 Å². The van der Waals surface area contributed by atoms with Crippen molar-refractivity contribution < 1.29 is 19.8 Å². The highest BCUT2D eigenvalue weighted by Crippen LogP contribution is 2.20. The number of unbranched alkanes of at least 4 members (excludes halogenated alkanes) is 3. The van der Waals surface area contributed by atoms with E-state index in [0.717, 1.165) is 25.7 Å². The molecule has 0 bridgehead atoms. The third-order valence-corrected chi connectivity index (χ3v) is 4.48. The molecule has 0 aromatic rings. The smallest absolute Gasteiger partial charge is 0.303 e. The molecule has 3 unspecified atom stereocenters. The largest absolute Gasteiger partial charge is 0.481 e. The first-order valence-electron chi connectivity index (χ1n) is 9.80. The molecule has 0 radical (unpaired) electrons. The summed E-state index contributed by atoms with van der Waals surface area (Å²) in [5.74, 6) is -0.762. The molecule has 26 heavy (non-hydrogen) atoms. The van der Waals surface area contributed by atoms with Gasteiger partial charge >= 0.3 is 5.97 Å². The summed E-state index contributed by atoms with van der Waals surface area (Å²) in [7, 11) is 1.86. The zero-order valence-corrected chi connectivity index (χ0v) is 16.6. The maximum Gasteiger partial charge on any atom is 0.303 e. The fraction of sp³-hybridized carbons (Fsp3) is 0.714. The van der Waals surface area contributed by atoms with Crippen molar-refractivity contribution >= 4 is 11.8 Å². The third kappa shape index (κ3) is 12.8. The minimum Gasteiger partial charge on any atom is -0.481 e. The Morgan fingerprint density at radius 1 is 1.12 bits per heavy atom. The molecule has 0 fully saturated rings. The van der Waals surface area contributed by atoms with Gasteiger partial charge in [-0.15, -0.1) is 0 Å². The van der Waals surface area contributed by atoms with E-state index in [1.54, 1.807) is 6.92 Å². The van der Waals surface area contributed by atoms with Crippen molar-refractivity contribution in [2.24, 2.45) is 11.8 Å². The minimum absolute atomic E-state index is 0.0296. The number of aliphatic hydroxyl groups is 1. The number of carboxylic acids is 1. The van der Waals surface area contributed by atoms with Crippen LogP contribution >= 0.6 is 0 Å². The Morgan fingerprint density at radius 3 is 2.42 bits per heavy atom. The van der Waals surface area contributed by atoms with Crippen molar-refractivity contribution in [1.82, 2.24) is 5.32 Å². The highest BCUT2D eigenvalue weighted by molar-refractivity contribution is 5.79. The number of hydrogen-bond donors (Lipinski definition) is 3. The SMILES string of the molecule is CCCCCC(O)/C=C/C(CNC)C(C/C=C\CCCC(=O)O)C(C)=O. The number of aliphatic hydroxyl groups excluding tert-OH is 1. The summed E-state index contributed by atoms with van der Waals surface area (Å²) < 4.78 is 0. The van der Waals surface area contributed by atoms with Crippen molar-refractivity contribution in [3.8, 4) is 0 Å². The van der Waals surface area contributed by atoms with Crippen LogP contribution in [0.15, 0.2) is 24.3 Å². The Kier molecular flexibility index (Phi) is 14.9. The first-order valence-corrected chi connectivity index (χ1v) is 9.80. The van der Waals surface area contributed by atoms with Gasteiger partial charge in [0, 0.05) is 18.9 Å². The number of nitrogens with one attached hydrogen (secondary N) is 1. The van der Waals surface area contributed by atoms with E-state index in [4.69, 9.17) is 5.11 Å². The van der Waals surface area contributed by atoms with Gasteiger partial charge < -0.3 is 15.5 Å². The molecule has 0 aromatic heterocycles. The second-order valence-electron chi connectivity index (χ2n) is 6.88. The van der Waals surface area contributed by atoms with Gasteiger partial charge in [-0.1, -0.05) is 50.5 Å². The molecule has 0 heterocycles. The van der Waals surface area contributed by atoms with Crippen LogP contribution in [-0.2, 0) is 9.59 Å². The Morgan fingerprint density at radius 2 is 1.85 bits per heavy atom. The summed E-state index contributed by atoms with van der Waals surface area (Å²) >= 11 is 0. The number of carboxylic acid groups (broad SMARTS) is 1. The fourth-order valence-electron chi connectivity index (χ4n) is 2.92. The first kappa shape index (κ1) is 24.5. The van der Waals surface area contributed by atoms with E-state index in [9.17, 15) is 14.7 Å². The topological polar surface area (TPSA) is 86.6 Å². The first-order chi connectivity index (χ1) is 12.4. The molecule has 0 aromatic carbocycles. The van der Waals surface area contributed by atoms with Crippen LogP contribution in [0.2, 0.25) is 0 Å². The van der Waals surface area contributed by atoms with Gasteiger partial charge in [0.2, 0.25) is 0 Å². The van der Waals surface area contributed by atoms with Crippen molar-refractivity contribution in [3.05, 3.63) is 24.3 Å². The summed E-state index contributed by atoms with van der Waals surface area (Å²) in [5.41, 5.74) is 0. The van der Waals surface area contributed by atoms with Gasteiger partial charge in [0.25, 0.3) is 0 Å². The molecule has 0 spiro atoms. The number of Topliss-reactive ketones (excluding diaryl/α,β-unsaturated/α-hetero) is 1. The molecule has 0 rings (SSSR count). The van der Waals surface area contributed by atoms with Crippen molar-refractivity contribution in [3.63, 3.8) is 0 Å². The van der Waals surface area contributed by atoms with Gasteiger partial charge in [-0.2, -0.15) is 0 Å². The number of allylic oxidation sites excluding steroid dienone is 2. The van der Waals surface area contributed by atoms with E-state index >= 15 is 0 Å². The molecular weight excluding hydrogens is 330 g/mol. The lowest BCUT2D eigenvalue weighted by atomic mass is 9.85. The van der Waals surface area contributed by atoms with Crippen molar-refractivity contribution in [2.75, 3.05) is 13.6 Å². The predicted octanol–water partition coefficient (Wildman–Crippen LogP) is 3.73. The molecule has 0 aliphatic heterocycles. The van der Waals surface area contributed by atoms with Crippen LogP contribution in [0.25, 0.3) is 0 Å². The average Bonchev–Trinajstić information content (AvgIpc) is 2.58. The molecule has 150 valence electrons. The summed E-state index contributed by atoms with van der Waals surface area (Å²) in [4.78, 5) is 22.6. The van der Waals surface area contributed by atoms with Crippen LogP contribution in [0.1, 0.15) is 65.2 Å². The maximum absolute atomic E-state index is 12.1. The third-order valence-electron chi connectivity index (χ3n) is 4.48. The molecule has 0 aliphatic rings. The highest BCUT2D eigenvalue weighted by atomic mass is 16.4. The number of aliphatic carboxylic acids is 1. The Labute approximate surface area is 158 Å². The van der Waals surface area contributed by atoms with E-state index in [1.807, 2.05) is 31.4 Å². The number of carbonyl (C=O) groups is 2. The monoisotopic (exact) mass is 367 g/mol. The maximum atomic E-state index is 12.1. The summed E-state index contributed by atoms with van der Waals surface area (Å²) in [5, 5.41) is 21.8. The quantitative estimate of drug-likeness (QED) is 0.286. The summed E-state index contributed by atoms with van der Waals surface area (Å²) in [6, 6.07) is 0.